The number of allylic oxidation sites excluding steroid dienone is 1. The van der Waals surface area contributed by atoms with Gasteiger partial charge in [-0.25, -0.2) is 0 Å². The Labute approximate surface area is 150 Å². The minimum Gasteiger partial charge on any atom is -0.456 e. The zero-order valence-electron chi connectivity index (χ0n) is 14.2. The molecule has 0 atom stereocenters. The summed E-state index contributed by atoms with van der Waals surface area (Å²) < 4.78 is 5.64. The highest BCUT2D eigenvalue weighted by Crippen LogP contribution is 2.31. The molecule has 3 rings (SSSR count). The number of rotatable bonds is 6. The Bertz CT molecular complexity index is 968. The third kappa shape index (κ3) is 3.78. The van der Waals surface area contributed by atoms with Crippen LogP contribution in [0.2, 0.25) is 0 Å². The lowest BCUT2D eigenvalue weighted by molar-refractivity contribution is -0.384. The van der Waals surface area contributed by atoms with Crippen molar-refractivity contribution in [2.24, 2.45) is 0 Å². The third-order valence-corrected chi connectivity index (χ3v) is 4.04. The number of aryl methyl sites for hydroxylation is 1. The normalized spacial score (nSPS) is 11.0. The number of carbonyl (C=O) groups excluding carboxylic acids is 1. The first-order chi connectivity index (χ1) is 12.6. The van der Waals surface area contributed by atoms with Crippen molar-refractivity contribution in [3.05, 3.63) is 93.7 Å². The molecule has 1 heterocycles. The maximum absolute atomic E-state index is 12.2. The van der Waals surface area contributed by atoms with E-state index in [1.165, 1.54) is 17.7 Å². The second-order valence-corrected chi connectivity index (χ2v) is 5.72. The van der Waals surface area contributed by atoms with Gasteiger partial charge < -0.3 is 4.42 Å². The Morgan fingerprint density at radius 3 is 2.50 bits per heavy atom. The number of nitro groups is 1. The molecule has 0 amide bonds. The number of ketones is 1. The van der Waals surface area contributed by atoms with Crippen LogP contribution in [0, 0.1) is 10.1 Å². The van der Waals surface area contributed by atoms with Crippen molar-refractivity contribution >= 4 is 17.5 Å². The summed E-state index contributed by atoms with van der Waals surface area (Å²) in [5.74, 6) is 0.713. The Morgan fingerprint density at radius 1 is 1.08 bits per heavy atom. The van der Waals surface area contributed by atoms with Crippen LogP contribution in [0.25, 0.3) is 17.4 Å². The van der Waals surface area contributed by atoms with E-state index < -0.39 is 4.92 Å². The fourth-order valence-electron chi connectivity index (χ4n) is 2.59. The lowest BCUT2D eigenvalue weighted by Gasteiger charge is -1.99. The number of hydrogen-bond donors (Lipinski definition) is 0. The molecule has 2 aromatic carbocycles. The van der Waals surface area contributed by atoms with Crippen molar-refractivity contribution < 1.29 is 14.1 Å². The van der Waals surface area contributed by atoms with Gasteiger partial charge in [-0.15, -0.1) is 0 Å². The maximum Gasteiger partial charge on any atom is 0.280 e. The molecule has 5 heteroatoms. The van der Waals surface area contributed by atoms with Crippen LogP contribution in [-0.2, 0) is 6.42 Å². The first-order valence-corrected chi connectivity index (χ1v) is 8.23. The van der Waals surface area contributed by atoms with Crippen LogP contribution in [0.3, 0.4) is 0 Å². The van der Waals surface area contributed by atoms with E-state index in [0.717, 1.165) is 6.42 Å². The second-order valence-electron chi connectivity index (χ2n) is 5.72. The highest BCUT2D eigenvalue weighted by atomic mass is 16.6. The zero-order chi connectivity index (χ0) is 18.5. The Hall–Kier alpha value is -3.47. The second kappa shape index (κ2) is 7.61. The fraction of sp³-hybridized carbons (Fsp3) is 0.0952. The summed E-state index contributed by atoms with van der Waals surface area (Å²) in [7, 11) is 0. The average Bonchev–Trinajstić information content (AvgIpc) is 3.15. The summed E-state index contributed by atoms with van der Waals surface area (Å²) in [6.07, 6.45) is 3.92. The van der Waals surface area contributed by atoms with E-state index in [1.54, 1.807) is 48.5 Å². The van der Waals surface area contributed by atoms with Crippen LogP contribution in [0.15, 0.2) is 71.2 Å². The van der Waals surface area contributed by atoms with Crippen LogP contribution in [0.4, 0.5) is 5.69 Å². The Morgan fingerprint density at radius 2 is 1.81 bits per heavy atom. The van der Waals surface area contributed by atoms with E-state index in [9.17, 15) is 14.9 Å². The molecule has 3 aromatic rings. The highest BCUT2D eigenvalue weighted by Gasteiger charge is 2.16. The molecule has 0 unspecified atom stereocenters. The van der Waals surface area contributed by atoms with Gasteiger partial charge in [0, 0.05) is 11.6 Å². The summed E-state index contributed by atoms with van der Waals surface area (Å²) in [6, 6.07) is 17.2. The minimum absolute atomic E-state index is 0.0236. The Balaban J connectivity index is 1.79. The summed E-state index contributed by atoms with van der Waals surface area (Å²) in [4.78, 5) is 22.9. The van der Waals surface area contributed by atoms with E-state index in [0.29, 0.717) is 22.6 Å². The molecule has 5 nitrogen and oxygen atoms in total. The quantitative estimate of drug-likeness (QED) is 0.262. The van der Waals surface area contributed by atoms with Crippen LogP contribution in [0.5, 0.6) is 0 Å². The molecule has 0 saturated carbocycles. The van der Waals surface area contributed by atoms with Crippen LogP contribution < -0.4 is 0 Å². The standard InChI is InChI=1S/C21H17NO4/c1-2-15-7-9-16(10-8-15)20(23)13-11-17-12-14-21(26-17)18-5-3-4-6-19(18)22(24)25/h3-14H,2H2,1H3. The molecule has 0 aliphatic carbocycles. The summed E-state index contributed by atoms with van der Waals surface area (Å²) in [5, 5.41) is 11.1. The third-order valence-electron chi connectivity index (χ3n) is 4.04. The largest absolute Gasteiger partial charge is 0.456 e. The molecule has 0 spiro atoms. The Kier molecular flexibility index (Phi) is 5.08. The summed E-state index contributed by atoms with van der Waals surface area (Å²) >= 11 is 0. The van der Waals surface area contributed by atoms with E-state index >= 15 is 0 Å². The molecule has 0 fully saturated rings. The number of para-hydroxylation sites is 1. The van der Waals surface area contributed by atoms with Crippen LogP contribution in [-0.4, -0.2) is 10.7 Å². The van der Waals surface area contributed by atoms with Gasteiger partial charge in [0.15, 0.2) is 5.78 Å². The molecule has 0 aliphatic rings. The van der Waals surface area contributed by atoms with Gasteiger partial charge in [0.1, 0.15) is 11.5 Å². The average molecular weight is 347 g/mol. The van der Waals surface area contributed by atoms with E-state index in [2.05, 4.69) is 6.92 Å². The first kappa shape index (κ1) is 17.4. The molecule has 0 radical (unpaired) electrons. The molecular formula is C21H17NO4. The van der Waals surface area contributed by atoms with Gasteiger partial charge >= 0.3 is 0 Å². The van der Waals surface area contributed by atoms with Crippen LogP contribution >= 0.6 is 0 Å². The number of nitro benzene ring substituents is 1. The fourth-order valence-corrected chi connectivity index (χ4v) is 2.59. The number of carbonyl (C=O) groups is 1. The number of hydrogen-bond acceptors (Lipinski definition) is 4. The van der Waals surface area contributed by atoms with Gasteiger partial charge in [-0.05, 0) is 42.3 Å². The molecule has 130 valence electrons. The lowest BCUT2D eigenvalue weighted by atomic mass is 10.1. The van der Waals surface area contributed by atoms with Crippen molar-refractivity contribution in [1.29, 1.82) is 0 Å². The van der Waals surface area contributed by atoms with Gasteiger partial charge in [0.25, 0.3) is 5.69 Å². The van der Waals surface area contributed by atoms with Gasteiger partial charge in [0.2, 0.25) is 0 Å². The smallest absolute Gasteiger partial charge is 0.280 e. The summed E-state index contributed by atoms with van der Waals surface area (Å²) in [6.45, 7) is 2.06. The van der Waals surface area contributed by atoms with Crippen LogP contribution in [0.1, 0.15) is 28.6 Å². The predicted molar refractivity (Wildman–Crippen MR) is 100.0 cm³/mol. The van der Waals surface area contributed by atoms with Gasteiger partial charge in [-0.3, -0.25) is 14.9 Å². The highest BCUT2D eigenvalue weighted by molar-refractivity contribution is 6.06. The van der Waals surface area contributed by atoms with E-state index in [-0.39, 0.29) is 11.5 Å². The zero-order valence-corrected chi connectivity index (χ0v) is 14.2. The van der Waals surface area contributed by atoms with Crippen molar-refractivity contribution in [1.82, 2.24) is 0 Å². The van der Waals surface area contributed by atoms with Gasteiger partial charge in [-0.1, -0.05) is 43.3 Å². The molecule has 26 heavy (non-hydrogen) atoms. The van der Waals surface area contributed by atoms with Gasteiger partial charge in [0.05, 0.1) is 10.5 Å². The monoisotopic (exact) mass is 347 g/mol. The topological polar surface area (TPSA) is 73.3 Å². The molecule has 1 aromatic heterocycles. The van der Waals surface area contributed by atoms with Gasteiger partial charge in [-0.2, -0.15) is 0 Å². The number of furan rings is 1. The predicted octanol–water partition coefficient (Wildman–Crippen LogP) is 5.31. The lowest BCUT2D eigenvalue weighted by Crippen LogP contribution is -1.94. The SMILES string of the molecule is CCc1ccc(C(=O)C=Cc2ccc(-c3ccccc3[N+](=O)[O-])o2)cc1. The molecule has 0 N–H and O–H groups in total. The maximum atomic E-state index is 12.2. The van der Waals surface area contributed by atoms with Crippen molar-refractivity contribution in [2.45, 2.75) is 13.3 Å². The summed E-state index contributed by atoms with van der Waals surface area (Å²) in [5.41, 5.74) is 2.15. The van der Waals surface area contributed by atoms with Crippen molar-refractivity contribution in [2.75, 3.05) is 0 Å². The molecule has 0 aliphatic heterocycles. The van der Waals surface area contributed by atoms with E-state index in [1.807, 2.05) is 12.1 Å². The number of benzene rings is 2. The van der Waals surface area contributed by atoms with E-state index in [4.69, 9.17) is 4.42 Å². The molecular weight excluding hydrogens is 330 g/mol. The minimum atomic E-state index is -0.448. The first-order valence-electron chi connectivity index (χ1n) is 8.23. The van der Waals surface area contributed by atoms with Crippen molar-refractivity contribution in [3.63, 3.8) is 0 Å². The molecule has 0 bridgehead atoms. The molecule has 0 saturated heterocycles. The van der Waals surface area contributed by atoms with Crippen molar-refractivity contribution in [3.8, 4) is 11.3 Å². The number of nitrogens with zero attached hydrogens (tertiary/aromatic N) is 1.